The van der Waals surface area contributed by atoms with Crippen LogP contribution in [0, 0.1) is 0 Å². The molecule has 2 nitrogen and oxygen atoms in total. The van der Waals surface area contributed by atoms with E-state index in [4.69, 9.17) is 5.11 Å². The number of carboxylic acid groups (broad SMARTS) is 1. The van der Waals surface area contributed by atoms with Gasteiger partial charge in [0.25, 0.3) is 0 Å². The molecule has 0 aliphatic rings. The molecule has 0 radical (unpaired) electrons. The van der Waals surface area contributed by atoms with Crippen LogP contribution in [-0.4, -0.2) is 22.1 Å². The normalized spacial score (nSPS) is 11.1. The molecule has 58 valence electrons. The minimum absolute atomic E-state index is 0.568. The molecule has 0 unspecified atom stereocenters. The third-order valence-electron chi connectivity index (χ3n) is 0.786. The zero-order chi connectivity index (χ0) is 7.98. The van der Waals surface area contributed by atoms with Crippen LogP contribution in [0.25, 0.3) is 0 Å². The lowest BCUT2D eigenvalue weighted by Crippen LogP contribution is -1.89. The van der Waals surface area contributed by atoms with Crippen molar-refractivity contribution in [1.82, 2.24) is 0 Å². The zero-order valence-corrected chi connectivity index (χ0v) is 7.02. The van der Waals surface area contributed by atoms with Gasteiger partial charge in [0.1, 0.15) is 0 Å². The largest absolute Gasteiger partial charge is 0.478 e. The summed E-state index contributed by atoms with van der Waals surface area (Å²) in [6, 6.07) is 0. The highest BCUT2D eigenvalue weighted by Crippen LogP contribution is 2.07. The van der Waals surface area contributed by atoms with Crippen LogP contribution >= 0.6 is 11.8 Å². The molecule has 0 aromatic rings. The Morgan fingerprint density at radius 3 is 2.70 bits per heavy atom. The molecule has 0 spiro atoms. The minimum Gasteiger partial charge on any atom is -0.478 e. The van der Waals surface area contributed by atoms with Gasteiger partial charge in [-0.2, -0.15) is 11.8 Å². The molecule has 0 heterocycles. The average Bonchev–Trinajstić information content (AvgIpc) is 1.79. The standard InChI is InChI=1S/C7H12O2S/c1-6(2)10-5-3-4-7(8)9/h3-4,6H,5H2,1-2H3,(H,8,9)/b4-3+. The van der Waals surface area contributed by atoms with E-state index in [0.717, 1.165) is 5.75 Å². The van der Waals surface area contributed by atoms with Crippen molar-refractivity contribution in [1.29, 1.82) is 0 Å². The van der Waals surface area contributed by atoms with Gasteiger partial charge in [-0.15, -0.1) is 0 Å². The summed E-state index contributed by atoms with van der Waals surface area (Å²) >= 11 is 1.72. The van der Waals surface area contributed by atoms with Gasteiger partial charge in [-0.3, -0.25) is 0 Å². The number of thioether (sulfide) groups is 1. The molecule has 1 N–H and O–H groups in total. The number of rotatable bonds is 4. The molecule has 0 aliphatic carbocycles. The zero-order valence-electron chi connectivity index (χ0n) is 6.20. The Labute approximate surface area is 65.3 Å². The number of carboxylic acids is 1. The fraction of sp³-hybridized carbons (Fsp3) is 0.571. The molecule has 3 heteroatoms. The summed E-state index contributed by atoms with van der Waals surface area (Å²) in [4.78, 5) is 9.95. The van der Waals surface area contributed by atoms with Crippen LogP contribution in [0.5, 0.6) is 0 Å². The quantitative estimate of drug-likeness (QED) is 0.637. The van der Waals surface area contributed by atoms with Gasteiger partial charge < -0.3 is 5.11 Å². The predicted octanol–water partition coefficient (Wildman–Crippen LogP) is 1.77. The second-order valence-electron chi connectivity index (χ2n) is 2.12. The van der Waals surface area contributed by atoms with Crippen molar-refractivity contribution in [3.63, 3.8) is 0 Å². The van der Waals surface area contributed by atoms with Crippen LogP contribution in [-0.2, 0) is 4.79 Å². The topological polar surface area (TPSA) is 37.3 Å². The fourth-order valence-corrected chi connectivity index (χ4v) is 0.989. The summed E-state index contributed by atoms with van der Waals surface area (Å²) < 4.78 is 0. The van der Waals surface area contributed by atoms with Crippen LogP contribution in [0.3, 0.4) is 0 Å². The van der Waals surface area contributed by atoms with E-state index in [2.05, 4.69) is 13.8 Å². The Hall–Kier alpha value is -0.440. The van der Waals surface area contributed by atoms with Gasteiger partial charge in [-0.05, 0) is 5.25 Å². The first-order chi connectivity index (χ1) is 4.63. The van der Waals surface area contributed by atoms with Crippen molar-refractivity contribution in [3.05, 3.63) is 12.2 Å². The van der Waals surface area contributed by atoms with E-state index in [1.165, 1.54) is 6.08 Å². The van der Waals surface area contributed by atoms with Gasteiger partial charge in [-0.25, -0.2) is 4.79 Å². The Morgan fingerprint density at radius 2 is 2.30 bits per heavy atom. The number of hydrogen-bond acceptors (Lipinski definition) is 2. The first-order valence-electron chi connectivity index (χ1n) is 3.14. The fourth-order valence-electron chi connectivity index (χ4n) is 0.397. The molecule has 10 heavy (non-hydrogen) atoms. The summed E-state index contributed by atoms with van der Waals surface area (Å²) in [5, 5.41) is 8.75. The van der Waals surface area contributed by atoms with Crippen molar-refractivity contribution >= 4 is 17.7 Å². The molecule has 0 aromatic heterocycles. The molecule has 0 amide bonds. The van der Waals surface area contributed by atoms with Crippen LogP contribution in [0.2, 0.25) is 0 Å². The third kappa shape index (κ3) is 7.56. The number of hydrogen-bond donors (Lipinski definition) is 1. The molecule has 0 aliphatic heterocycles. The smallest absolute Gasteiger partial charge is 0.328 e. The second kappa shape index (κ2) is 5.35. The first-order valence-corrected chi connectivity index (χ1v) is 4.19. The van der Waals surface area contributed by atoms with Crippen molar-refractivity contribution in [2.24, 2.45) is 0 Å². The lowest BCUT2D eigenvalue weighted by Gasteiger charge is -1.98. The van der Waals surface area contributed by atoms with Gasteiger partial charge >= 0.3 is 5.97 Å². The molecular formula is C7H12O2S. The molecule has 0 bridgehead atoms. The van der Waals surface area contributed by atoms with E-state index in [-0.39, 0.29) is 0 Å². The van der Waals surface area contributed by atoms with Crippen LogP contribution < -0.4 is 0 Å². The molecule has 0 rings (SSSR count). The molecule has 0 fully saturated rings. The molecular weight excluding hydrogens is 148 g/mol. The maximum atomic E-state index is 9.95. The lowest BCUT2D eigenvalue weighted by molar-refractivity contribution is -0.131. The maximum Gasteiger partial charge on any atom is 0.328 e. The van der Waals surface area contributed by atoms with Crippen molar-refractivity contribution < 1.29 is 9.90 Å². The Bertz CT molecular complexity index is 130. The van der Waals surface area contributed by atoms with E-state index in [9.17, 15) is 4.79 Å². The first kappa shape index (κ1) is 9.56. The van der Waals surface area contributed by atoms with Gasteiger partial charge in [0.2, 0.25) is 0 Å². The molecule has 0 aromatic carbocycles. The van der Waals surface area contributed by atoms with Gasteiger partial charge in [0.15, 0.2) is 0 Å². The number of carbonyl (C=O) groups is 1. The van der Waals surface area contributed by atoms with Crippen LogP contribution in [0.1, 0.15) is 13.8 Å². The Kier molecular flexibility index (Phi) is 5.12. The Morgan fingerprint density at radius 1 is 1.70 bits per heavy atom. The number of aliphatic carboxylic acids is 1. The Balaban J connectivity index is 3.27. The molecule has 0 saturated heterocycles. The van der Waals surface area contributed by atoms with E-state index >= 15 is 0 Å². The highest BCUT2D eigenvalue weighted by atomic mass is 32.2. The highest BCUT2D eigenvalue weighted by Gasteiger charge is 1.90. The van der Waals surface area contributed by atoms with Crippen molar-refractivity contribution in [2.75, 3.05) is 5.75 Å². The van der Waals surface area contributed by atoms with Gasteiger partial charge in [0.05, 0.1) is 0 Å². The van der Waals surface area contributed by atoms with E-state index in [1.807, 2.05) is 0 Å². The summed E-state index contributed by atoms with van der Waals surface area (Å²) in [5.41, 5.74) is 0. The van der Waals surface area contributed by atoms with Crippen LogP contribution in [0.15, 0.2) is 12.2 Å². The summed E-state index contributed by atoms with van der Waals surface area (Å²) in [5.74, 6) is -0.0893. The van der Waals surface area contributed by atoms with Gasteiger partial charge in [-0.1, -0.05) is 19.9 Å². The molecule has 0 atom stereocenters. The van der Waals surface area contributed by atoms with E-state index in [0.29, 0.717) is 5.25 Å². The summed E-state index contributed by atoms with van der Waals surface area (Å²) in [7, 11) is 0. The van der Waals surface area contributed by atoms with E-state index < -0.39 is 5.97 Å². The third-order valence-corrected chi connectivity index (χ3v) is 1.84. The summed E-state index contributed by atoms with van der Waals surface area (Å²) in [6.07, 6.45) is 2.84. The highest BCUT2D eigenvalue weighted by molar-refractivity contribution is 8.00. The lowest BCUT2D eigenvalue weighted by atomic mass is 10.5. The maximum absolute atomic E-state index is 9.95. The van der Waals surface area contributed by atoms with Crippen molar-refractivity contribution in [2.45, 2.75) is 19.1 Å². The van der Waals surface area contributed by atoms with Crippen molar-refractivity contribution in [3.8, 4) is 0 Å². The average molecular weight is 160 g/mol. The SMILES string of the molecule is CC(C)SC/C=C/C(=O)O. The summed E-state index contributed by atoms with van der Waals surface area (Å²) in [6.45, 7) is 4.17. The second-order valence-corrected chi connectivity index (χ2v) is 3.73. The predicted molar refractivity (Wildman–Crippen MR) is 44.4 cm³/mol. The monoisotopic (exact) mass is 160 g/mol. The van der Waals surface area contributed by atoms with Gasteiger partial charge in [0, 0.05) is 11.8 Å². The van der Waals surface area contributed by atoms with Crippen LogP contribution in [0.4, 0.5) is 0 Å². The molecule has 0 saturated carbocycles. The minimum atomic E-state index is -0.871. The van der Waals surface area contributed by atoms with E-state index in [1.54, 1.807) is 17.8 Å².